The molecule has 0 aliphatic carbocycles. The maximum atomic E-state index is 6.20. The molecule has 28 heavy (non-hydrogen) atoms. The van der Waals surface area contributed by atoms with Gasteiger partial charge in [0.2, 0.25) is 0 Å². The fourth-order valence-electron chi connectivity index (χ4n) is 3.42. The third kappa shape index (κ3) is 5.35. The zero-order valence-corrected chi connectivity index (χ0v) is 17.8. The third-order valence-electron chi connectivity index (χ3n) is 5.13. The number of hydrogen-bond acceptors (Lipinski definition) is 3. The maximum Gasteiger partial charge on any atom is 0.171 e. The van der Waals surface area contributed by atoms with Gasteiger partial charge in [-0.25, -0.2) is 0 Å². The monoisotopic (exact) mass is 420 g/mol. The van der Waals surface area contributed by atoms with Gasteiger partial charge in [-0.15, -0.1) is 0 Å². The summed E-state index contributed by atoms with van der Waals surface area (Å²) >= 11 is 11.7. The molecule has 5 nitrogen and oxygen atoms in total. The number of methoxy groups -OCH3 is 1. The Morgan fingerprint density at radius 3 is 2.61 bits per heavy atom. The van der Waals surface area contributed by atoms with Crippen LogP contribution in [-0.2, 0) is 4.74 Å². The molecule has 0 amide bonds. The number of thiocarbonyl (C=S) groups is 1. The molecule has 2 aromatic rings. The molecule has 1 aliphatic rings. The number of hydrogen-bond donors (Lipinski definition) is 3. The molecule has 2 aromatic carbocycles. The van der Waals surface area contributed by atoms with Crippen LogP contribution in [0, 0.1) is 6.92 Å². The smallest absolute Gasteiger partial charge is 0.171 e. The van der Waals surface area contributed by atoms with E-state index in [-0.39, 0.29) is 6.04 Å². The van der Waals surface area contributed by atoms with Crippen molar-refractivity contribution in [3.05, 3.63) is 58.6 Å². The molecule has 1 aliphatic heterocycles. The third-order valence-corrected chi connectivity index (χ3v) is 5.78. The summed E-state index contributed by atoms with van der Waals surface area (Å²) in [6, 6.07) is 14.3. The maximum absolute atomic E-state index is 6.20. The Morgan fingerprint density at radius 1 is 1.21 bits per heavy atom. The lowest BCUT2D eigenvalue weighted by Gasteiger charge is -2.32. The van der Waals surface area contributed by atoms with Crippen molar-refractivity contribution in [2.24, 2.45) is 0 Å². The van der Waals surface area contributed by atoms with Gasteiger partial charge in [-0.1, -0.05) is 17.7 Å². The lowest BCUT2D eigenvalue weighted by atomic mass is 10.0. The summed E-state index contributed by atoms with van der Waals surface area (Å²) in [4.78, 5) is 1.49. The normalized spacial score (nSPS) is 15.7. The van der Waals surface area contributed by atoms with Crippen LogP contribution in [0.4, 0.5) is 5.69 Å². The molecule has 0 saturated carbocycles. The molecule has 3 N–H and O–H groups in total. The molecule has 150 valence electrons. The van der Waals surface area contributed by atoms with E-state index in [9.17, 15) is 0 Å². The number of anilines is 1. The molecule has 1 fully saturated rings. The van der Waals surface area contributed by atoms with Gasteiger partial charge in [-0.3, -0.25) is 0 Å². The molecule has 3 rings (SSSR count). The average Bonchev–Trinajstić information content (AvgIpc) is 2.73. The second-order valence-electron chi connectivity index (χ2n) is 6.84. The topological polar surface area (TPSA) is 47.0 Å². The Bertz CT molecular complexity index is 795. The quantitative estimate of drug-likeness (QED) is 0.627. The van der Waals surface area contributed by atoms with Gasteiger partial charge in [-0.2, -0.15) is 0 Å². The minimum Gasteiger partial charge on any atom is -0.497 e. The van der Waals surface area contributed by atoms with E-state index in [0.29, 0.717) is 5.11 Å². The van der Waals surface area contributed by atoms with Crippen molar-refractivity contribution < 1.29 is 14.4 Å². The first kappa shape index (κ1) is 20.9. The SMILES string of the molecule is COc1ccc([C@@H](CNC(=S)Nc2cccc(Cl)c2C)[NH+]2CCOCC2)cc1. The second kappa shape index (κ2) is 10.1. The van der Waals surface area contributed by atoms with Gasteiger partial charge >= 0.3 is 0 Å². The number of rotatable bonds is 6. The van der Waals surface area contributed by atoms with Crippen LogP contribution < -0.4 is 20.3 Å². The molecule has 0 aromatic heterocycles. The molecule has 1 heterocycles. The number of nitrogens with one attached hydrogen (secondary N) is 3. The Balaban J connectivity index is 1.68. The van der Waals surface area contributed by atoms with E-state index in [1.807, 2.05) is 37.3 Å². The number of morpholine rings is 1. The molecule has 1 saturated heterocycles. The van der Waals surface area contributed by atoms with Crippen LogP contribution in [0.15, 0.2) is 42.5 Å². The van der Waals surface area contributed by atoms with Crippen LogP contribution in [0.5, 0.6) is 5.75 Å². The van der Waals surface area contributed by atoms with Crippen molar-refractivity contribution in [3.63, 3.8) is 0 Å². The Kier molecular flexibility index (Phi) is 7.50. The molecule has 7 heteroatoms. The Hall–Kier alpha value is -1.86. The summed E-state index contributed by atoms with van der Waals surface area (Å²) in [5.74, 6) is 0.862. The largest absolute Gasteiger partial charge is 0.497 e. The van der Waals surface area contributed by atoms with E-state index in [0.717, 1.165) is 54.9 Å². The fraction of sp³-hybridized carbons (Fsp3) is 0.381. The predicted molar refractivity (Wildman–Crippen MR) is 118 cm³/mol. The van der Waals surface area contributed by atoms with Gasteiger partial charge in [0.15, 0.2) is 5.11 Å². The van der Waals surface area contributed by atoms with E-state index < -0.39 is 0 Å². The highest BCUT2D eigenvalue weighted by atomic mass is 35.5. The van der Waals surface area contributed by atoms with Crippen molar-refractivity contribution >= 4 is 34.6 Å². The van der Waals surface area contributed by atoms with E-state index in [1.165, 1.54) is 10.5 Å². The highest BCUT2D eigenvalue weighted by molar-refractivity contribution is 7.80. The average molecular weight is 421 g/mol. The van der Waals surface area contributed by atoms with Crippen LogP contribution in [0.25, 0.3) is 0 Å². The van der Waals surface area contributed by atoms with Gasteiger partial charge in [0.25, 0.3) is 0 Å². The summed E-state index contributed by atoms with van der Waals surface area (Å²) in [7, 11) is 1.68. The minimum atomic E-state index is 0.273. The fourth-order valence-corrected chi connectivity index (χ4v) is 3.79. The van der Waals surface area contributed by atoms with Crippen molar-refractivity contribution in [1.82, 2.24) is 5.32 Å². The number of quaternary nitrogens is 1. The van der Waals surface area contributed by atoms with Crippen LogP contribution in [0.1, 0.15) is 17.2 Å². The first-order valence-electron chi connectivity index (χ1n) is 9.44. The number of benzene rings is 2. The number of ether oxygens (including phenoxy) is 2. The predicted octanol–water partition coefficient (Wildman–Crippen LogP) is 2.60. The van der Waals surface area contributed by atoms with Gasteiger partial charge in [-0.05, 0) is 61.1 Å². The minimum absolute atomic E-state index is 0.273. The lowest BCUT2D eigenvalue weighted by Crippen LogP contribution is -3.15. The van der Waals surface area contributed by atoms with Gasteiger partial charge in [0.1, 0.15) is 24.9 Å². The van der Waals surface area contributed by atoms with Crippen LogP contribution >= 0.6 is 23.8 Å². The highest BCUT2D eigenvalue weighted by Crippen LogP contribution is 2.23. The van der Waals surface area contributed by atoms with Crippen molar-refractivity contribution in [2.75, 3.05) is 45.3 Å². The van der Waals surface area contributed by atoms with E-state index >= 15 is 0 Å². The van der Waals surface area contributed by atoms with Crippen LogP contribution in [0.2, 0.25) is 5.02 Å². The number of halogens is 1. The van der Waals surface area contributed by atoms with Crippen LogP contribution in [0.3, 0.4) is 0 Å². The van der Waals surface area contributed by atoms with E-state index in [2.05, 4.69) is 22.8 Å². The molecular weight excluding hydrogens is 394 g/mol. The van der Waals surface area contributed by atoms with Crippen LogP contribution in [-0.4, -0.2) is 45.1 Å². The molecule has 0 spiro atoms. The summed E-state index contributed by atoms with van der Waals surface area (Å²) in [6.07, 6.45) is 0. The molecule has 0 radical (unpaired) electrons. The van der Waals surface area contributed by atoms with Crippen molar-refractivity contribution in [1.29, 1.82) is 0 Å². The molecule has 1 atom stereocenters. The first-order chi connectivity index (χ1) is 13.6. The summed E-state index contributed by atoms with van der Waals surface area (Å²) in [6.45, 7) is 6.23. The van der Waals surface area contributed by atoms with E-state index in [4.69, 9.17) is 33.3 Å². The van der Waals surface area contributed by atoms with Gasteiger partial charge in [0.05, 0.1) is 26.9 Å². The van der Waals surface area contributed by atoms with E-state index in [1.54, 1.807) is 7.11 Å². The zero-order chi connectivity index (χ0) is 19.9. The molecular formula is C21H27ClN3O2S+. The Labute approximate surface area is 177 Å². The summed E-state index contributed by atoms with van der Waals surface area (Å²) in [5, 5.41) is 7.97. The Morgan fingerprint density at radius 2 is 1.93 bits per heavy atom. The van der Waals surface area contributed by atoms with Crippen molar-refractivity contribution in [2.45, 2.75) is 13.0 Å². The highest BCUT2D eigenvalue weighted by Gasteiger charge is 2.26. The molecule has 0 unspecified atom stereocenters. The lowest BCUT2D eigenvalue weighted by molar-refractivity contribution is -0.937. The zero-order valence-electron chi connectivity index (χ0n) is 16.3. The standard InChI is InChI=1S/C21H26ClN3O2S/c1-15-18(22)4-3-5-19(15)24-21(28)23-14-20(25-10-12-27-13-11-25)16-6-8-17(26-2)9-7-16/h3-9,20H,10-14H2,1-2H3,(H2,23,24,28)/p+1/t20-/m1/s1. The van der Waals surface area contributed by atoms with Gasteiger partial charge in [0, 0.05) is 16.3 Å². The second-order valence-corrected chi connectivity index (χ2v) is 7.66. The summed E-state index contributed by atoms with van der Waals surface area (Å²) < 4.78 is 10.8. The van der Waals surface area contributed by atoms with Crippen molar-refractivity contribution in [3.8, 4) is 5.75 Å². The molecule has 0 bridgehead atoms. The summed E-state index contributed by atoms with van der Waals surface area (Å²) in [5.41, 5.74) is 3.16. The van der Waals surface area contributed by atoms with Gasteiger partial charge < -0.3 is 25.0 Å². The first-order valence-corrected chi connectivity index (χ1v) is 10.2.